The molecule has 0 fully saturated rings. The zero-order chi connectivity index (χ0) is 13.0. The molecular formula is C14H9BrClNO. The zero-order valence-corrected chi connectivity index (χ0v) is 11.7. The molecule has 0 bridgehead atoms. The van der Waals surface area contributed by atoms with Crippen molar-refractivity contribution in [3.05, 3.63) is 58.6 Å². The first kappa shape index (κ1) is 12.9. The Kier molecular flexibility index (Phi) is 4.24. The second-order valence-electron chi connectivity index (χ2n) is 3.56. The fourth-order valence-corrected chi connectivity index (χ4v) is 2.50. The van der Waals surface area contributed by atoms with Gasteiger partial charge < -0.3 is 4.74 Å². The van der Waals surface area contributed by atoms with Gasteiger partial charge in [-0.2, -0.15) is 5.26 Å². The van der Waals surface area contributed by atoms with Crippen LogP contribution in [0.5, 0.6) is 11.5 Å². The van der Waals surface area contributed by atoms with Crippen molar-refractivity contribution in [2.24, 2.45) is 0 Å². The van der Waals surface area contributed by atoms with E-state index in [-0.39, 0.29) is 0 Å². The van der Waals surface area contributed by atoms with E-state index in [4.69, 9.17) is 21.6 Å². The Bertz CT molecular complexity index is 607. The Morgan fingerprint density at radius 1 is 1.11 bits per heavy atom. The average molecular weight is 323 g/mol. The van der Waals surface area contributed by atoms with Gasteiger partial charge in [0.05, 0.1) is 5.56 Å². The minimum Gasteiger partial charge on any atom is -0.456 e. The van der Waals surface area contributed by atoms with Crippen LogP contribution in [0.4, 0.5) is 0 Å². The molecule has 0 saturated heterocycles. The van der Waals surface area contributed by atoms with E-state index >= 15 is 0 Å². The SMILES string of the molecule is N#Cc1ccccc1Oc1cccc(Cl)c1CBr. The first-order valence-corrected chi connectivity index (χ1v) is 6.76. The van der Waals surface area contributed by atoms with Crippen molar-refractivity contribution >= 4 is 27.5 Å². The van der Waals surface area contributed by atoms with E-state index in [1.165, 1.54) is 0 Å². The number of para-hydroxylation sites is 1. The molecule has 0 unspecified atom stereocenters. The highest BCUT2D eigenvalue weighted by molar-refractivity contribution is 9.08. The first-order chi connectivity index (χ1) is 8.76. The second-order valence-corrected chi connectivity index (χ2v) is 4.53. The largest absolute Gasteiger partial charge is 0.456 e. The number of alkyl halides is 1. The van der Waals surface area contributed by atoms with E-state index in [1.54, 1.807) is 24.3 Å². The maximum absolute atomic E-state index is 9.01. The summed E-state index contributed by atoms with van der Waals surface area (Å²) in [7, 11) is 0. The quantitative estimate of drug-likeness (QED) is 0.753. The van der Waals surface area contributed by atoms with Gasteiger partial charge >= 0.3 is 0 Å². The van der Waals surface area contributed by atoms with Crippen LogP contribution >= 0.6 is 27.5 Å². The highest BCUT2D eigenvalue weighted by Gasteiger charge is 2.09. The van der Waals surface area contributed by atoms with Gasteiger partial charge in [0.2, 0.25) is 0 Å². The molecule has 0 spiro atoms. The van der Waals surface area contributed by atoms with E-state index in [2.05, 4.69) is 22.0 Å². The highest BCUT2D eigenvalue weighted by Crippen LogP contribution is 2.33. The third-order valence-corrected chi connectivity index (χ3v) is 3.35. The standard InChI is InChI=1S/C14H9BrClNO/c15-8-11-12(16)5-3-7-14(11)18-13-6-2-1-4-10(13)9-17/h1-7H,8H2. The van der Waals surface area contributed by atoms with Gasteiger partial charge in [-0.15, -0.1) is 0 Å². The third kappa shape index (κ3) is 2.66. The Labute approximate surface area is 119 Å². The van der Waals surface area contributed by atoms with Crippen molar-refractivity contribution in [2.45, 2.75) is 5.33 Å². The summed E-state index contributed by atoms with van der Waals surface area (Å²) in [5.41, 5.74) is 1.37. The van der Waals surface area contributed by atoms with Gasteiger partial charge in [-0.05, 0) is 24.3 Å². The number of benzene rings is 2. The summed E-state index contributed by atoms with van der Waals surface area (Å²) in [4.78, 5) is 0. The molecule has 2 nitrogen and oxygen atoms in total. The smallest absolute Gasteiger partial charge is 0.145 e. The maximum atomic E-state index is 9.01. The summed E-state index contributed by atoms with van der Waals surface area (Å²) in [5.74, 6) is 1.19. The molecule has 2 aromatic rings. The van der Waals surface area contributed by atoms with E-state index in [1.807, 2.05) is 18.2 Å². The van der Waals surface area contributed by atoms with E-state index in [0.717, 1.165) is 5.56 Å². The molecule has 2 rings (SSSR count). The van der Waals surface area contributed by atoms with Crippen molar-refractivity contribution in [3.8, 4) is 17.6 Å². The Morgan fingerprint density at radius 3 is 2.56 bits per heavy atom. The van der Waals surface area contributed by atoms with Crippen LogP contribution in [0.3, 0.4) is 0 Å². The summed E-state index contributed by atoms with van der Waals surface area (Å²) in [5, 5.41) is 10.2. The summed E-state index contributed by atoms with van der Waals surface area (Å²) in [6.45, 7) is 0. The van der Waals surface area contributed by atoms with Crippen molar-refractivity contribution in [1.82, 2.24) is 0 Å². The third-order valence-electron chi connectivity index (χ3n) is 2.44. The molecule has 0 aliphatic rings. The Hall–Kier alpha value is -1.50. The van der Waals surface area contributed by atoms with Crippen LogP contribution in [0.25, 0.3) is 0 Å². The molecule has 2 aromatic carbocycles. The normalized spacial score (nSPS) is 9.83. The lowest BCUT2D eigenvalue weighted by molar-refractivity contribution is 0.477. The molecular weight excluding hydrogens is 314 g/mol. The zero-order valence-electron chi connectivity index (χ0n) is 9.36. The highest BCUT2D eigenvalue weighted by atomic mass is 79.9. The second kappa shape index (κ2) is 5.90. The van der Waals surface area contributed by atoms with Gasteiger partial charge in [-0.1, -0.05) is 45.7 Å². The maximum Gasteiger partial charge on any atom is 0.145 e. The van der Waals surface area contributed by atoms with Crippen LogP contribution in [-0.4, -0.2) is 0 Å². The van der Waals surface area contributed by atoms with Crippen LogP contribution in [-0.2, 0) is 5.33 Å². The van der Waals surface area contributed by atoms with Crippen molar-refractivity contribution in [3.63, 3.8) is 0 Å². The lowest BCUT2D eigenvalue weighted by atomic mass is 10.2. The summed E-state index contributed by atoms with van der Waals surface area (Å²) in [6.07, 6.45) is 0. The molecule has 0 aliphatic heterocycles. The summed E-state index contributed by atoms with van der Waals surface area (Å²) >= 11 is 9.47. The van der Waals surface area contributed by atoms with Crippen LogP contribution in [0.15, 0.2) is 42.5 Å². The molecule has 0 aromatic heterocycles. The van der Waals surface area contributed by atoms with Crippen LogP contribution in [0, 0.1) is 11.3 Å². The van der Waals surface area contributed by atoms with Gasteiger partial charge in [-0.25, -0.2) is 0 Å². The van der Waals surface area contributed by atoms with Crippen molar-refractivity contribution in [1.29, 1.82) is 5.26 Å². The molecule has 0 radical (unpaired) electrons. The number of hydrogen-bond donors (Lipinski definition) is 0. The number of hydrogen-bond acceptors (Lipinski definition) is 2. The van der Waals surface area contributed by atoms with Crippen molar-refractivity contribution in [2.75, 3.05) is 0 Å². The fourth-order valence-electron chi connectivity index (χ4n) is 1.53. The number of ether oxygens (including phenoxy) is 1. The Balaban J connectivity index is 2.41. The average Bonchev–Trinajstić information content (AvgIpc) is 2.40. The molecule has 0 N–H and O–H groups in total. The molecule has 0 amide bonds. The first-order valence-electron chi connectivity index (χ1n) is 5.26. The summed E-state index contributed by atoms with van der Waals surface area (Å²) < 4.78 is 5.77. The van der Waals surface area contributed by atoms with Crippen LogP contribution in [0.2, 0.25) is 5.02 Å². The minimum absolute atomic E-state index is 0.498. The molecule has 0 saturated carbocycles. The van der Waals surface area contributed by atoms with Gasteiger partial charge in [0.25, 0.3) is 0 Å². The van der Waals surface area contributed by atoms with Gasteiger partial charge in [0.15, 0.2) is 0 Å². The monoisotopic (exact) mass is 321 g/mol. The van der Waals surface area contributed by atoms with E-state index in [0.29, 0.717) is 27.4 Å². The van der Waals surface area contributed by atoms with E-state index in [9.17, 15) is 0 Å². The van der Waals surface area contributed by atoms with Crippen LogP contribution < -0.4 is 4.74 Å². The molecule has 0 atom stereocenters. The lowest BCUT2D eigenvalue weighted by Crippen LogP contribution is -1.92. The molecule has 18 heavy (non-hydrogen) atoms. The topological polar surface area (TPSA) is 33.0 Å². The number of halogens is 2. The predicted molar refractivity (Wildman–Crippen MR) is 75.3 cm³/mol. The number of rotatable bonds is 3. The van der Waals surface area contributed by atoms with Gasteiger partial charge in [-0.3, -0.25) is 0 Å². The molecule has 4 heteroatoms. The van der Waals surface area contributed by atoms with Gasteiger partial charge in [0.1, 0.15) is 17.6 Å². The number of nitrogens with zero attached hydrogens (tertiary/aromatic N) is 1. The summed E-state index contributed by atoms with van der Waals surface area (Å²) in [6, 6.07) is 14.7. The molecule has 90 valence electrons. The number of nitriles is 1. The van der Waals surface area contributed by atoms with Crippen molar-refractivity contribution < 1.29 is 4.74 Å². The lowest BCUT2D eigenvalue weighted by Gasteiger charge is -2.11. The van der Waals surface area contributed by atoms with Crippen LogP contribution in [0.1, 0.15) is 11.1 Å². The fraction of sp³-hybridized carbons (Fsp3) is 0.0714. The minimum atomic E-state index is 0.498. The molecule has 0 heterocycles. The molecule has 0 aliphatic carbocycles. The van der Waals surface area contributed by atoms with E-state index < -0.39 is 0 Å². The van der Waals surface area contributed by atoms with Gasteiger partial charge in [0, 0.05) is 15.9 Å². The predicted octanol–water partition coefficient (Wildman–Crippen LogP) is 4.90. The Morgan fingerprint density at radius 2 is 1.83 bits per heavy atom.